The first-order valence-corrected chi connectivity index (χ1v) is 11.1. The summed E-state index contributed by atoms with van der Waals surface area (Å²) >= 11 is 0. The van der Waals surface area contributed by atoms with E-state index < -0.39 is 28.3 Å². The maximum absolute atomic E-state index is 12.4. The lowest BCUT2D eigenvalue weighted by atomic mass is 10.1. The standard InChI is InChI=1S/C25H33N3O7/c1-24(2,3)34-22(29)26-15-14-17-8-10-18(11-9-17)33-19-12-13-20(28(31)32)21(16-19)27(7)23(30)35-25(4,5)6/h8-13,16H,14-15H2,1-7H3,(H,26,29). The highest BCUT2D eigenvalue weighted by atomic mass is 16.6. The average molecular weight is 488 g/mol. The first-order valence-electron chi connectivity index (χ1n) is 11.1. The van der Waals surface area contributed by atoms with Crippen molar-refractivity contribution in [3.63, 3.8) is 0 Å². The number of carbonyl (C=O) groups is 2. The number of nitrogens with one attached hydrogen (secondary N) is 1. The molecule has 35 heavy (non-hydrogen) atoms. The van der Waals surface area contributed by atoms with Crippen molar-refractivity contribution in [1.82, 2.24) is 5.32 Å². The van der Waals surface area contributed by atoms with Gasteiger partial charge in [0.1, 0.15) is 28.4 Å². The van der Waals surface area contributed by atoms with Crippen molar-refractivity contribution in [3.8, 4) is 11.5 Å². The number of anilines is 1. The molecule has 190 valence electrons. The minimum absolute atomic E-state index is 0.0478. The average Bonchev–Trinajstić information content (AvgIpc) is 2.71. The van der Waals surface area contributed by atoms with Crippen LogP contribution < -0.4 is 15.0 Å². The van der Waals surface area contributed by atoms with Crippen LogP contribution in [0.1, 0.15) is 47.1 Å². The molecule has 2 amide bonds. The smallest absolute Gasteiger partial charge is 0.414 e. The summed E-state index contributed by atoms with van der Waals surface area (Å²) in [5.41, 5.74) is -0.534. The van der Waals surface area contributed by atoms with Crippen molar-refractivity contribution in [2.24, 2.45) is 0 Å². The number of nitrogens with zero attached hydrogens (tertiary/aromatic N) is 2. The number of carbonyl (C=O) groups excluding carboxylic acids is 2. The summed E-state index contributed by atoms with van der Waals surface area (Å²) < 4.78 is 16.4. The van der Waals surface area contributed by atoms with E-state index in [9.17, 15) is 19.7 Å². The summed E-state index contributed by atoms with van der Waals surface area (Å²) in [5.74, 6) is 0.828. The third-order valence-electron chi connectivity index (χ3n) is 4.41. The first kappa shape index (κ1) is 27.4. The molecule has 2 aromatic carbocycles. The molecule has 10 heteroatoms. The summed E-state index contributed by atoms with van der Waals surface area (Å²) in [6.45, 7) is 11.0. The number of nitro benzene ring substituents is 1. The Kier molecular flexibility index (Phi) is 8.67. The SMILES string of the molecule is CN(C(=O)OC(C)(C)C)c1cc(Oc2ccc(CCNC(=O)OC(C)(C)C)cc2)ccc1[N+](=O)[O-]. The van der Waals surface area contributed by atoms with Crippen molar-refractivity contribution in [1.29, 1.82) is 0 Å². The second-order valence-corrected chi connectivity index (χ2v) is 9.87. The lowest BCUT2D eigenvalue weighted by Gasteiger charge is -2.24. The molecule has 0 saturated heterocycles. The molecule has 0 spiro atoms. The van der Waals surface area contributed by atoms with E-state index in [1.807, 2.05) is 12.1 Å². The molecule has 0 aliphatic heterocycles. The molecule has 0 radical (unpaired) electrons. The first-order chi connectivity index (χ1) is 16.1. The van der Waals surface area contributed by atoms with Crippen LogP contribution in [0.4, 0.5) is 21.0 Å². The fourth-order valence-electron chi connectivity index (χ4n) is 2.90. The van der Waals surface area contributed by atoms with Gasteiger partial charge in [0.25, 0.3) is 5.69 Å². The van der Waals surface area contributed by atoms with E-state index in [0.29, 0.717) is 24.5 Å². The molecule has 0 saturated carbocycles. The predicted molar refractivity (Wildman–Crippen MR) is 132 cm³/mol. The van der Waals surface area contributed by atoms with Gasteiger partial charge in [-0.25, -0.2) is 9.59 Å². The highest BCUT2D eigenvalue weighted by Gasteiger charge is 2.26. The molecule has 0 aliphatic carbocycles. The Bertz CT molecular complexity index is 1050. The van der Waals surface area contributed by atoms with Gasteiger partial charge in [0.05, 0.1) is 4.92 Å². The summed E-state index contributed by atoms with van der Waals surface area (Å²) in [5, 5.41) is 14.2. The molecule has 0 atom stereocenters. The predicted octanol–water partition coefficient (Wildman–Crippen LogP) is 5.83. The van der Waals surface area contributed by atoms with Gasteiger partial charge in [0.15, 0.2) is 0 Å². The molecule has 0 aromatic heterocycles. The van der Waals surface area contributed by atoms with Crippen LogP contribution in [0.15, 0.2) is 42.5 Å². The number of ether oxygens (including phenoxy) is 3. The molecular weight excluding hydrogens is 454 g/mol. The van der Waals surface area contributed by atoms with Crippen LogP contribution in [0, 0.1) is 10.1 Å². The van der Waals surface area contributed by atoms with Gasteiger partial charge in [-0.15, -0.1) is 0 Å². The van der Waals surface area contributed by atoms with Crippen molar-refractivity contribution in [2.75, 3.05) is 18.5 Å². The van der Waals surface area contributed by atoms with Gasteiger partial charge in [-0.2, -0.15) is 0 Å². The summed E-state index contributed by atoms with van der Waals surface area (Å²) in [7, 11) is 1.40. The van der Waals surface area contributed by atoms with Gasteiger partial charge in [-0.1, -0.05) is 12.1 Å². The summed E-state index contributed by atoms with van der Waals surface area (Å²) in [6, 6.07) is 11.4. The summed E-state index contributed by atoms with van der Waals surface area (Å²) in [6.07, 6.45) is -0.591. The van der Waals surface area contributed by atoms with Gasteiger partial charge in [0.2, 0.25) is 0 Å². The zero-order valence-corrected chi connectivity index (χ0v) is 21.2. The van der Waals surface area contributed by atoms with Gasteiger partial charge >= 0.3 is 12.2 Å². The number of hydrogen-bond donors (Lipinski definition) is 1. The molecule has 2 rings (SSSR count). The molecule has 0 bridgehead atoms. The van der Waals surface area contributed by atoms with E-state index in [1.165, 1.54) is 25.2 Å². The molecular formula is C25H33N3O7. The van der Waals surface area contributed by atoms with E-state index in [2.05, 4.69) is 5.32 Å². The van der Waals surface area contributed by atoms with Crippen molar-refractivity contribution in [2.45, 2.75) is 59.2 Å². The Balaban J connectivity index is 2.07. The van der Waals surface area contributed by atoms with Crippen molar-refractivity contribution >= 4 is 23.6 Å². The van der Waals surface area contributed by atoms with Crippen molar-refractivity contribution in [3.05, 3.63) is 58.1 Å². The number of hydrogen-bond acceptors (Lipinski definition) is 7. The maximum atomic E-state index is 12.4. The Morgan fingerprint density at radius 1 is 0.943 bits per heavy atom. The molecule has 0 unspecified atom stereocenters. The molecule has 10 nitrogen and oxygen atoms in total. The van der Waals surface area contributed by atoms with E-state index in [4.69, 9.17) is 14.2 Å². The minimum Gasteiger partial charge on any atom is -0.457 e. The molecule has 0 heterocycles. The van der Waals surface area contributed by atoms with Gasteiger partial charge < -0.3 is 19.5 Å². The Morgan fingerprint density at radius 3 is 2.06 bits per heavy atom. The van der Waals surface area contributed by atoms with Gasteiger partial charge in [-0.05, 0) is 71.7 Å². The third kappa shape index (κ3) is 9.15. The quantitative estimate of drug-likeness (QED) is 0.385. The van der Waals surface area contributed by atoms with Crippen LogP contribution in [-0.2, 0) is 15.9 Å². The fourth-order valence-corrected chi connectivity index (χ4v) is 2.90. The number of rotatable bonds is 7. The third-order valence-corrected chi connectivity index (χ3v) is 4.41. The molecule has 0 aliphatic rings. The number of alkyl carbamates (subject to hydrolysis) is 1. The van der Waals surface area contributed by atoms with Crippen LogP contribution in [0.2, 0.25) is 0 Å². The molecule has 0 fully saturated rings. The Labute approximate surface area is 205 Å². The topological polar surface area (TPSA) is 120 Å². The Morgan fingerprint density at radius 2 is 1.51 bits per heavy atom. The largest absolute Gasteiger partial charge is 0.457 e. The number of nitro groups is 1. The number of benzene rings is 2. The monoisotopic (exact) mass is 487 g/mol. The number of amides is 2. The molecule has 1 N–H and O–H groups in total. The normalized spacial score (nSPS) is 11.4. The second-order valence-electron chi connectivity index (χ2n) is 9.87. The zero-order valence-electron chi connectivity index (χ0n) is 21.2. The minimum atomic E-state index is -0.752. The maximum Gasteiger partial charge on any atom is 0.414 e. The highest BCUT2D eigenvalue weighted by molar-refractivity contribution is 5.90. The molecule has 2 aromatic rings. The van der Waals surface area contributed by atoms with Crippen molar-refractivity contribution < 1.29 is 28.7 Å². The van der Waals surface area contributed by atoms with Crippen LogP contribution in [0.5, 0.6) is 11.5 Å². The lowest BCUT2D eigenvalue weighted by molar-refractivity contribution is -0.384. The fraction of sp³-hybridized carbons (Fsp3) is 0.440. The van der Waals surface area contributed by atoms with E-state index in [1.54, 1.807) is 53.7 Å². The Hall–Kier alpha value is -3.82. The van der Waals surface area contributed by atoms with E-state index in [0.717, 1.165) is 10.5 Å². The second kappa shape index (κ2) is 11.1. The van der Waals surface area contributed by atoms with E-state index >= 15 is 0 Å². The van der Waals surface area contributed by atoms with Crippen LogP contribution in [0.25, 0.3) is 0 Å². The zero-order chi connectivity index (χ0) is 26.4. The van der Waals surface area contributed by atoms with E-state index in [-0.39, 0.29) is 11.4 Å². The lowest BCUT2D eigenvalue weighted by Crippen LogP contribution is -2.34. The van der Waals surface area contributed by atoms with Crippen LogP contribution in [0.3, 0.4) is 0 Å². The van der Waals surface area contributed by atoms with Crippen LogP contribution >= 0.6 is 0 Å². The highest BCUT2D eigenvalue weighted by Crippen LogP contribution is 2.34. The van der Waals surface area contributed by atoms with Gasteiger partial charge in [0, 0.05) is 25.7 Å². The van der Waals surface area contributed by atoms with Crippen LogP contribution in [-0.4, -0.2) is 41.9 Å². The van der Waals surface area contributed by atoms with Gasteiger partial charge in [-0.3, -0.25) is 15.0 Å². The summed E-state index contributed by atoms with van der Waals surface area (Å²) in [4.78, 5) is 36.2.